The maximum absolute atomic E-state index is 12.7. The maximum Gasteiger partial charge on any atom is 0.410 e. The van der Waals surface area contributed by atoms with E-state index in [2.05, 4.69) is 52.3 Å². The first-order valence-electron chi connectivity index (χ1n) is 20.4. The van der Waals surface area contributed by atoms with Crippen molar-refractivity contribution in [3.63, 3.8) is 0 Å². The second-order valence-electron chi connectivity index (χ2n) is 16.7. The molecule has 0 radical (unpaired) electrons. The number of aliphatic hydroxyl groups excluding tert-OH is 1. The van der Waals surface area contributed by atoms with Crippen LogP contribution in [-0.2, 0) is 47.1 Å². The predicted octanol–water partition coefficient (Wildman–Crippen LogP) is -0.233. The number of rotatable bonds is 11. The van der Waals surface area contributed by atoms with Crippen LogP contribution in [0.2, 0.25) is 0 Å². The zero-order valence-electron chi connectivity index (χ0n) is 36.9. The summed E-state index contributed by atoms with van der Waals surface area (Å²) in [4.78, 5) is 67.4. The van der Waals surface area contributed by atoms with Crippen molar-refractivity contribution in [1.29, 1.82) is 0 Å². The van der Waals surface area contributed by atoms with Crippen molar-refractivity contribution in [2.45, 2.75) is 55.4 Å². The van der Waals surface area contributed by atoms with Crippen LogP contribution in [0.3, 0.4) is 0 Å². The topological polar surface area (TPSA) is 261 Å². The van der Waals surface area contributed by atoms with E-state index in [1.54, 1.807) is 30.3 Å². The van der Waals surface area contributed by atoms with Gasteiger partial charge in [-0.3, -0.25) is 29.6 Å². The molecule has 4 aliphatic rings. The molecular weight excluding hydrogens is 897 g/mol. The van der Waals surface area contributed by atoms with Crippen LogP contribution in [0.1, 0.15) is 69.7 Å². The molecule has 2 aromatic carbocycles. The van der Waals surface area contributed by atoms with E-state index >= 15 is 0 Å². The number of aliphatic hydroxyl groups is 1. The smallest absolute Gasteiger partial charge is 0.410 e. The average Bonchev–Trinajstić information content (AvgIpc) is 3.74. The van der Waals surface area contributed by atoms with Crippen molar-refractivity contribution in [3.05, 3.63) is 69.8 Å². The summed E-state index contributed by atoms with van der Waals surface area (Å²) in [6.45, 7) is 5.28. The first-order valence-corrected chi connectivity index (χ1v) is 24.2. The highest BCUT2D eigenvalue weighted by atomic mass is 32.2. The van der Waals surface area contributed by atoms with Crippen LogP contribution >= 0.6 is 0 Å². The monoisotopic (exact) mass is 946 g/mol. The van der Waals surface area contributed by atoms with Crippen molar-refractivity contribution in [2.75, 3.05) is 65.4 Å². The molecule has 0 bridgehead atoms. The van der Waals surface area contributed by atoms with E-state index in [1.165, 1.54) is 39.5 Å². The molecule has 2 aromatic rings. The fraction of sp³-hybridized carbons (Fsp3) is 0.444. The van der Waals surface area contributed by atoms with Crippen LogP contribution in [0.15, 0.2) is 36.4 Å². The molecule has 21 heteroatoms. The third-order valence-electron chi connectivity index (χ3n) is 11.8. The van der Waals surface area contributed by atoms with Gasteiger partial charge in [-0.1, -0.05) is 17.8 Å². The number of likely N-dealkylation sites (tertiary alicyclic amines) is 2. The number of nitrogens with zero attached hydrogens (tertiary/aromatic N) is 4. The van der Waals surface area contributed by atoms with Gasteiger partial charge in [-0.25, -0.2) is 32.6 Å². The minimum atomic E-state index is -3.87. The molecule has 66 heavy (non-hydrogen) atoms. The van der Waals surface area contributed by atoms with E-state index in [9.17, 15) is 40.8 Å². The Balaban J connectivity index is 0.000000249. The summed E-state index contributed by atoms with van der Waals surface area (Å²) in [5.41, 5.74) is 6.64. The molecule has 0 saturated carbocycles. The quantitative estimate of drug-likeness (QED) is 0.111. The molecule has 5 amide bonds. The normalized spacial score (nSPS) is 17.3. The number of sulfone groups is 2. The van der Waals surface area contributed by atoms with Crippen molar-refractivity contribution in [3.8, 4) is 47.4 Å². The Labute approximate surface area is 383 Å². The Morgan fingerprint density at radius 3 is 1.61 bits per heavy atom. The third kappa shape index (κ3) is 11.7. The lowest BCUT2D eigenvalue weighted by Gasteiger charge is -2.34. The fourth-order valence-corrected chi connectivity index (χ4v) is 8.84. The number of hydrogen-bond donors (Lipinski definition) is 5. The maximum atomic E-state index is 12.7. The van der Waals surface area contributed by atoms with Gasteiger partial charge in [-0.2, -0.15) is 0 Å². The van der Waals surface area contributed by atoms with Crippen LogP contribution in [0.5, 0.6) is 0 Å². The summed E-state index contributed by atoms with van der Waals surface area (Å²) in [7, 11) is -5.65. The van der Waals surface area contributed by atoms with Gasteiger partial charge < -0.3 is 29.4 Å². The summed E-state index contributed by atoms with van der Waals surface area (Å²) >= 11 is 0. The van der Waals surface area contributed by atoms with E-state index in [0.29, 0.717) is 34.7 Å². The molecule has 0 spiro atoms. The number of hydrogen-bond acceptors (Lipinski definition) is 14. The van der Waals surface area contributed by atoms with Crippen molar-refractivity contribution >= 4 is 49.4 Å². The van der Waals surface area contributed by atoms with Gasteiger partial charge in [0.1, 0.15) is 0 Å². The minimum absolute atomic E-state index is 0.00784. The summed E-state index contributed by atoms with van der Waals surface area (Å²) in [6, 6.07) is 10.3. The molecule has 19 nitrogen and oxygen atoms in total. The number of carbonyl (C=O) groups is 5. The van der Waals surface area contributed by atoms with Gasteiger partial charge in [0.15, 0.2) is 35.8 Å². The van der Waals surface area contributed by atoms with E-state index in [-0.39, 0.29) is 64.0 Å². The molecule has 350 valence electrons. The molecule has 0 unspecified atom stereocenters. The molecule has 0 aromatic heterocycles. The standard InChI is InChI=1S/C23H25N3O8S.C22H25N3O5S/c1-23(21(29)24-31,35(2,32)33)9-10-25-13-17-12-16(7-8-19(17)20(25)28)6-4-3-5-11-34-22(30)26-14-18(27)15-26;1-22(21(27)23-28,31(3,29)30)10-11-25-15-18-12-16(8-9-19(18)20(25)26)6-4-5-7-17-13-24(2)14-17/h7-8,12,18,27,31H,9-11,13-15H2,1-2H3,(H,24,29);8-9,12,17,28H,10-11,13-15H2,1-3H3,(H,23,27)/t23-;22-/m11/s1. The van der Waals surface area contributed by atoms with E-state index in [0.717, 1.165) is 36.7 Å². The number of nitrogens with one attached hydrogen (secondary N) is 2. The van der Waals surface area contributed by atoms with E-state index in [4.69, 9.17) is 20.3 Å². The van der Waals surface area contributed by atoms with Gasteiger partial charge in [0.2, 0.25) is 0 Å². The number of benzene rings is 2. The van der Waals surface area contributed by atoms with Gasteiger partial charge in [-0.15, -0.1) is 0 Å². The fourth-order valence-electron chi connectivity index (χ4n) is 7.16. The molecule has 6 rings (SSSR count). The molecule has 4 aliphatic heterocycles. The number of amides is 5. The first-order chi connectivity index (χ1) is 31.0. The van der Waals surface area contributed by atoms with Crippen LogP contribution in [-0.4, -0.2) is 163 Å². The van der Waals surface area contributed by atoms with Crippen molar-refractivity contribution < 1.29 is 61.1 Å². The summed E-state index contributed by atoms with van der Waals surface area (Å²) in [5.74, 6) is 20.3. The average molecular weight is 947 g/mol. The molecule has 0 aliphatic carbocycles. The second-order valence-corrected chi connectivity index (χ2v) is 21.6. The van der Waals surface area contributed by atoms with Gasteiger partial charge in [0.25, 0.3) is 23.6 Å². The van der Waals surface area contributed by atoms with Gasteiger partial charge in [0, 0.05) is 80.0 Å². The Morgan fingerprint density at radius 2 is 1.20 bits per heavy atom. The summed E-state index contributed by atoms with van der Waals surface area (Å²) < 4.78 is 49.7. The highest BCUT2D eigenvalue weighted by molar-refractivity contribution is 7.93. The highest BCUT2D eigenvalue weighted by Crippen LogP contribution is 2.29. The first kappa shape index (κ1) is 50.6. The summed E-state index contributed by atoms with van der Waals surface area (Å²) in [6.07, 6.45) is 0.450. The highest BCUT2D eigenvalue weighted by Gasteiger charge is 2.45. The molecule has 5 N–H and O–H groups in total. The number of β-amino-alcohol motifs (C(OH)–C–C–N with tert-alkyl or cyclic N) is 1. The Morgan fingerprint density at radius 1 is 0.742 bits per heavy atom. The van der Waals surface area contributed by atoms with E-state index in [1.807, 2.05) is 13.1 Å². The lowest BCUT2D eigenvalue weighted by molar-refractivity contribution is -0.132. The predicted molar refractivity (Wildman–Crippen MR) is 237 cm³/mol. The Bertz CT molecular complexity index is 2780. The third-order valence-corrected chi connectivity index (χ3v) is 15.9. The second kappa shape index (κ2) is 20.8. The van der Waals surface area contributed by atoms with Crippen molar-refractivity contribution in [1.82, 2.24) is 30.6 Å². The summed E-state index contributed by atoms with van der Waals surface area (Å²) in [5, 5.41) is 27.0. The zero-order chi connectivity index (χ0) is 48.6. The van der Waals surface area contributed by atoms with Gasteiger partial charge >= 0.3 is 6.09 Å². The van der Waals surface area contributed by atoms with Crippen LogP contribution in [0.25, 0.3) is 0 Å². The molecule has 4 heterocycles. The van der Waals surface area contributed by atoms with Crippen LogP contribution in [0, 0.1) is 53.3 Å². The Hall–Kier alpha value is -6.43. The van der Waals surface area contributed by atoms with Crippen LogP contribution in [0.4, 0.5) is 4.79 Å². The zero-order valence-corrected chi connectivity index (χ0v) is 38.6. The molecule has 2 fully saturated rings. The molecular formula is C45H50N6O13S2. The SMILES string of the molecule is CN1CC(C#CC#Cc2ccc3c(c2)CN(CC[C@](C)(C(=O)NO)S(C)(=O)=O)C3=O)C1.C[C@@](CCN1Cc2cc(C#CC#CCOC(=O)N3CC(O)C3)ccc2C1=O)(C(=O)NO)S(C)(=O)=O. The Kier molecular flexibility index (Phi) is 15.9. The minimum Gasteiger partial charge on any atom is -0.436 e. The van der Waals surface area contributed by atoms with Crippen molar-refractivity contribution in [2.24, 2.45) is 5.92 Å². The number of ether oxygens (including phenoxy) is 1. The number of carbonyl (C=O) groups excluding carboxylic acids is 5. The van der Waals surface area contributed by atoms with E-state index < -0.39 is 53.2 Å². The van der Waals surface area contributed by atoms with Crippen LogP contribution < -0.4 is 11.0 Å². The van der Waals surface area contributed by atoms with Gasteiger partial charge in [-0.05, 0) is 111 Å². The molecule has 2 atom stereocenters. The number of fused-ring (bicyclic) bond motifs is 2. The lowest BCUT2D eigenvalue weighted by atomic mass is 10.0. The van der Waals surface area contributed by atoms with Gasteiger partial charge in [0.05, 0.1) is 19.2 Å². The largest absolute Gasteiger partial charge is 0.436 e. The molecule has 2 saturated heterocycles. The number of hydroxylamine groups is 2. The lowest BCUT2D eigenvalue weighted by Crippen LogP contribution is -2.53.